The summed E-state index contributed by atoms with van der Waals surface area (Å²) in [5.41, 5.74) is 0.535. The van der Waals surface area contributed by atoms with E-state index in [4.69, 9.17) is 9.47 Å². The molecule has 0 aromatic heterocycles. The van der Waals surface area contributed by atoms with Gasteiger partial charge in [-0.05, 0) is 30.7 Å². The zero-order valence-electron chi connectivity index (χ0n) is 12.9. The molecule has 25 heavy (non-hydrogen) atoms. The second kappa shape index (κ2) is 5.66. The van der Waals surface area contributed by atoms with Crippen molar-refractivity contribution in [2.75, 3.05) is 0 Å². The number of carbonyl (C=O) groups is 4. The number of ketones is 2. The van der Waals surface area contributed by atoms with Crippen LogP contribution in [0, 0.1) is 11.8 Å². The largest absolute Gasteiger partial charge is 0.425 e. The molecule has 0 N–H and O–H groups in total. The quantitative estimate of drug-likeness (QED) is 0.475. The van der Waals surface area contributed by atoms with Crippen molar-refractivity contribution >= 4 is 23.5 Å². The first-order valence-corrected chi connectivity index (χ1v) is 7.76. The highest BCUT2D eigenvalue weighted by Gasteiger charge is 2.44. The summed E-state index contributed by atoms with van der Waals surface area (Å²) in [4.78, 5) is 49.6. The van der Waals surface area contributed by atoms with Gasteiger partial charge in [0.25, 0.3) is 0 Å². The minimum Gasteiger partial charge on any atom is -0.425 e. The van der Waals surface area contributed by atoms with Gasteiger partial charge in [-0.25, -0.2) is 0 Å². The highest BCUT2D eigenvalue weighted by Crippen LogP contribution is 2.35. The fraction of sp³-hybridized carbons (Fsp3) is 0.158. The maximum absolute atomic E-state index is 12.6. The Morgan fingerprint density at radius 1 is 0.640 bits per heavy atom. The smallest absolute Gasteiger partial charge is 0.322 e. The Morgan fingerprint density at radius 3 is 1.48 bits per heavy atom. The van der Waals surface area contributed by atoms with Crippen LogP contribution in [-0.2, 0) is 9.59 Å². The first-order chi connectivity index (χ1) is 12.1. The molecule has 0 saturated heterocycles. The van der Waals surface area contributed by atoms with Crippen LogP contribution in [0.1, 0.15) is 27.1 Å². The van der Waals surface area contributed by atoms with E-state index in [9.17, 15) is 19.2 Å². The average Bonchev–Trinajstić information content (AvgIpc) is 2.61. The molecule has 2 aromatic rings. The van der Waals surface area contributed by atoms with Crippen LogP contribution >= 0.6 is 0 Å². The Morgan fingerprint density at radius 2 is 1.04 bits per heavy atom. The molecule has 4 rings (SSSR count). The number of hydrogen-bond acceptors (Lipinski definition) is 6. The average molecular weight is 336 g/mol. The molecule has 0 radical (unpaired) electrons. The Labute approximate surface area is 142 Å². The summed E-state index contributed by atoms with van der Waals surface area (Å²) in [6, 6.07) is 12.8. The van der Waals surface area contributed by atoms with E-state index >= 15 is 0 Å². The first kappa shape index (κ1) is 15.3. The number of esters is 2. The molecule has 2 aromatic carbocycles. The van der Waals surface area contributed by atoms with Crippen LogP contribution < -0.4 is 9.47 Å². The highest BCUT2D eigenvalue weighted by atomic mass is 16.5. The first-order valence-electron chi connectivity index (χ1n) is 7.76. The zero-order valence-corrected chi connectivity index (χ0v) is 12.9. The van der Waals surface area contributed by atoms with Crippen molar-refractivity contribution in [3.05, 3.63) is 59.7 Å². The number of Topliss-reactive ketones (excluding diaryl/α,β-unsaturated/α-hetero) is 2. The Hall–Kier alpha value is -3.28. The van der Waals surface area contributed by atoms with Crippen molar-refractivity contribution in [1.29, 1.82) is 0 Å². The lowest BCUT2D eigenvalue weighted by Gasteiger charge is -2.26. The van der Waals surface area contributed by atoms with E-state index in [0.717, 1.165) is 0 Å². The van der Waals surface area contributed by atoms with Crippen molar-refractivity contribution in [2.45, 2.75) is 6.42 Å². The van der Waals surface area contributed by atoms with Crippen molar-refractivity contribution in [2.24, 2.45) is 11.8 Å². The maximum atomic E-state index is 12.6. The SMILES string of the molecule is O=C1Oc2ccccc2C(=O)C1CC1C(=O)Oc2ccccc2C1=O. The number of para-hydroxylation sites is 2. The molecule has 124 valence electrons. The molecule has 6 heteroatoms. The standard InChI is InChI=1S/C19H12O6/c20-16-10-5-1-3-7-14(10)24-18(22)12(16)9-13-17(21)11-6-2-4-8-15(11)25-19(13)23/h1-8,12-13H,9H2. The van der Waals surface area contributed by atoms with Crippen LogP contribution in [0.3, 0.4) is 0 Å². The molecule has 0 fully saturated rings. The van der Waals surface area contributed by atoms with E-state index in [2.05, 4.69) is 0 Å². The third-order valence-corrected chi connectivity index (χ3v) is 4.40. The van der Waals surface area contributed by atoms with Gasteiger partial charge in [0, 0.05) is 0 Å². The topological polar surface area (TPSA) is 86.7 Å². The van der Waals surface area contributed by atoms with Crippen molar-refractivity contribution in [1.82, 2.24) is 0 Å². The van der Waals surface area contributed by atoms with Crippen LogP contribution in [-0.4, -0.2) is 23.5 Å². The second-order valence-corrected chi connectivity index (χ2v) is 5.90. The van der Waals surface area contributed by atoms with Gasteiger partial charge in [-0.15, -0.1) is 0 Å². The predicted molar refractivity (Wildman–Crippen MR) is 84.4 cm³/mol. The summed E-state index contributed by atoms with van der Waals surface area (Å²) in [5, 5.41) is 0. The Bertz CT molecular complexity index is 854. The van der Waals surface area contributed by atoms with Gasteiger partial charge in [0.2, 0.25) is 0 Å². The summed E-state index contributed by atoms with van der Waals surface area (Å²) < 4.78 is 10.3. The van der Waals surface area contributed by atoms with Crippen molar-refractivity contribution in [3.63, 3.8) is 0 Å². The normalized spacial score (nSPS) is 21.9. The molecule has 0 amide bonds. The zero-order chi connectivity index (χ0) is 17.6. The molecule has 6 nitrogen and oxygen atoms in total. The van der Waals surface area contributed by atoms with Gasteiger partial charge >= 0.3 is 11.9 Å². The number of fused-ring (bicyclic) bond motifs is 2. The fourth-order valence-electron chi connectivity index (χ4n) is 3.11. The minimum atomic E-state index is -1.21. The third-order valence-electron chi connectivity index (χ3n) is 4.40. The lowest BCUT2D eigenvalue weighted by atomic mass is 9.82. The van der Waals surface area contributed by atoms with Crippen molar-refractivity contribution < 1.29 is 28.7 Å². The number of hydrogen-bond donors (Lipinski definition) is 0. The molecule has 2 heterocycles. The second-order valence-electron chi connectivity index (χ2n) is 5.90. The summed E-state index contributed by atoms with van der Waals surface area (Å²) >= 11 is 0. The van der Waals surface area contributed by atoms with Crippen LogP contribution in [0.2, 0.25) is 0 Å². The molecule has 0 saturated carbocycles. The van der Waals surface area contributed by atoms with Gasteiger partial charge < -0.3 is 9.47 Å². The van der Waals surface area contributed by atoms with Gasteiger partial charge in [0.1, 0.15) is 23.3 Å². The van der Waals surface area contributed by atoms with Gasteiger partial charge in [0.05, 0.1) is 11.1 Å². The summed E-state index contributed by atoms with van der Waals surface area (Å²) in [6.07, 6.45) is -0.266. The highest BCUT2D eigenvalue weighted by molar-refractivity contribution is 6.16. The van der Waals surface area contributed by atoms with Gasteiger partial charge in [-0.3, -0.25) is 19.2 Å². The minimum absolute atomic E-state index is 0.191. The lowest BCUT2D eigenvalue weighted by molar-refractivity contribution is -0.141. The summed E-state index contributed by atoms with van der Waals surface area (Å²) in [6.45, 7) is 0. The summed E-state index contributed by atoms with van der Waals surface area (Å²) in [7, 11) is 0. The Kier molecular flexibility index (Phi) is 3.46. The lowest BCUT2D eigenvalue weighted by Crippen LogP contribution is -2.40. The molecule has 0 spiro atoms. The molecule has 2 atom stereocenters. The Balaban J connectivity index is 1.64. The molecule has 2 aliphatic heterocycles. The van der Waals surface area contributed by atoms with E-state index in [1.165, 1.54) is 12.1 Å². The number of benzene rings is 2. The number of ether oxygens (including phenoxy) is 2. The predicted octanol–water partition coefficient (Wildman–Crippen LogP) is 2.21. The molecular weight excluding hydrogens is 324 g/mol. The fourth-order valence-corrected chi connectivity index (χ4v) is 3.11. The van der Waals surface area contributed by atoms with Crippen LogP contribution in [0.4, 0.5) is 0 Å². The molecular formula is C19H12O6. The third kappa shape index (κ3) is 2.42. The molecule has 0 aliphatic carbocycles. The molecule has 2 aliphatic rings. The van der Waals surface area contributed by atoms with Crippen LogP contribution in [0.5, 0.6) is 11.5 Å². The van der Waals surface area contributed by atoms with Crippen LogP contribution in [0.25, 0.3) is 0 Å². The van der Waals surface area contributed by atoms with E-state index in [-0.39, 0.29) is 29.0 Å². The molecule has 2 unspecified atom stereocenters. The van der Waals surface area contributed by atoms with E-state index < -0.39 is 35.3 Å². The van der Waals surface area contributed by atoms with Gasteiger partial charge in [-0.2, -0.15) is 0 Å². The van der Waals surface area contributed by atoms with E-state index in [1.54, 1.807) is 36.4 Å². The number of rotatable bonds is 2. The maximum Gasteiger partial charge on any atom is 0.322 e. The van der Waals surface area contributed by atoms with E-state index in [0.29, 0.717) is 0 Å². The van der Waals surface area contributed by atoms with Gasteiger partial charge in [0.15, 0.2) is 11.6 Å². The molecule has 0 bridgehead atoms. The van der Waals surface area contributed by atoms with Crippen molar-refractivity contribution in [3.8, 4) is 11.5 Å². The van der Waals surface area contributed by atoms with E-state index in [1.807, 2.05) is 0 Å². The monoisotopic (exact) mass is 336 g/mol. The number of carbonyl (C=O) groups excluding carboxylic acids is 4. The van der Waals surface area contributed by atoms with Gasteiger partial charge in [-0.1, -0.05) is 24.3 Å². The summed E-state index contributed by atoms with van der Waals surface area (Å²) in [5.74, 6) is -4.46. The van der Waals surface area contributed by atoms with Crippen LogP contribution in [0.15, 0.2) is 48.5 Å².